The average Bonchev–Trinajstić information content (AvgIpc) is 2.48. The second-order valence-electron chi connectivity index (χ2n) is 7.30. The van der Waals surface area contributed by atoms with Gasteiger partial charge in [-0.05, 0) is 0 Å². The maximum atomic E-state index is 11.7. The van der Waals surface area contributed by atoms with Gasteiger partial charge >= 0.3 is 23.9 Å². The summed E-state index contributed by atoms with van der Waals surface area (Å²) in [4.78, 5) is 46.3. The van der Waals surface area contributed by atoms with Crippen LogP contribution in [0.3, 0.4) is 0 Å². The van der Waals surface area contributed by atoms with Crippen molar-refractivity contribution in [3.05, 3.63) is 0 Å². The van der Waals surface area contributed by atoms with Crippen molar-refractivity contribution in [3.8, 4) is 0 Å². The molecule has 10 heteroatoms. The quantitative estimate of drug-likeness (QED) is 0.463. The van der Waals surface area contributed by atoms with Gasteiger partial charge in [-0.25, -0.2) is 0 Å². The topological polar surface area (TPSA) is 114 Å². The van der Waals surface area contributed by atoms with Crippen molar-refractivity contribution in [2.75, 3.05) is 6.61 Å². The maximum Gasteiger partial charge on any atom is 0.303 e. The molecule has 1 aliphatic heterocycles. The normalized spacial score (nSPS) is 27.5. The van der Waals surface area contributed by atoms with Crippen LogP contribution in [0.5, 0.6) is 0 Å². The molecule has 0 saturated carbocycles. The van der Waals surface area contributed by atoms with Crippen molar-refractivity contribution in [1.29, 1.82) is 0 Å². The van der Waals surface area contributed by atoms with Crippen molar-refractivity contribution >= 4 is 35.6 Å². The van der Waals surface area contributed by atoms with Crippen molar-refractivity contribution in [2.24, 2.45) is 0 Å². The van der Waals surface area contributed by atoms with Crippen molar-refractivity contribution < 1.29 is 42.9 Å². The first-order valence-electron chi connectivity index (χ1n) is 8.78. The standard InChI is InChI=1S/C18H28O9S/c1-9(19)23-8-13-14(24-10(2)20)15(25-11(3)21)16(26-12(4)22)17(27-13)28-18(5,6)7/h13-17H,8H2,1-7H3/t13-,14-,15+,16-,17-/m1/s1. The molecule has 0 aromatic rings. The Balaban J connectivity index is 3.33. The molecule has 0 amide bonds. The van der Waals surface area contributed by atoms with Gasteiger partial charge in [0, 0.05) is 32.4 Å². The molecule has 160 valence electrons. The molecule has 0 aromatic heterocycles. The predicted molar refractivity (Wildman–Crippen MR) is 99.3 cm³/mol. The van der Waals surface area contributed by atoms with Gasteiger partial charge in [0.15, 0.2) is 18.3 Å². The fourth-order valence-electron chi connectivity index (χ4n) is 2.63. The third-order valence-corrected chi connectivity index (χ3v) is 4.74. The van der Waals surface area contributed by atoms with Gasteiger partial charge in [-0.1, -0.05) is 20.8 Å². The Bertz CT molecular complexity index is 598. The summed E-state index contributed by atoms with van der Waals surface area (Å²) >= 11 is 1.35. The Labute approximate surface area is 168 Å². The van der Waals surface area contributed by atoms with E-state index in [1.165, 1.54) is 39.5 Å². The zero-order chi connectivity index (χ0) is 21.6. The lowest BCUT2D eigenvalue weighted by atomic mass is 9.99. The molecule has 0 spiro atoms. The third-order valence-electron chi connectivity index (χ3n) is 3.42. The third kappa shape index (κ3) is 8.05. The fourth-order valence-corrected chi connectivity index (χ4v) is 3.87. The molecule has 1 rings (SSSR count). The molecule has 1 fully saturated rings. The van der Waals surface area contributed by atoms with Gasteiger partial charge in [-0.3, -0.25) is 19.2 Å². The Morgan fingerprint density at radius 3 is 1.68 bits per heavy atom. The minimum atomic E-state index is -1.13. The molecular weight excluding hydrogens is 392 g/mol. The van der Waals surface area contributed by atoms with E-state index in [1.54, 1.807) is 0 Å². The number of carbonyl (C=O) groups is 4. The molecule has 0 unspecified atom stereocenters. The molecule has 0 aliphatic carbocycles. The molecule has 0 N–H and O–H groups in total. The first-order chi connectivity index (χ1) is 12.8. The summed E-state index contributed by atoms with van der Waals surface area (Å²) < 4.78 is 26.8. The zero-order valence-corrected chi connectivity index (χ0v) is 18.0. The number of thioether (sulfide) groups is 1. The zero-order valence-electron chi connectivity index (χ0n) is 17.2. The lowest BCUT2D eigenvalue weighted by Crippen LogP contribution is -2.62. The number of esters is 4. The van der Waals surface area contributed by atoms with Crippen molar-refractivity contribution in [3.63, 3.8) is 0 Å². The van der Waals surface area contributed by atoms with Gasteiger partial charge in [-0.15, -0.1) is 11.8 Å². The van der Waals surface area contributed by atoms with Crippen LogP contribution in [-0.4, -0.2) is 65.1 Å². The lowest BCUT2D eigenvalue weighted by Gasteiger charge is -2.45. The molecule has 0 radical (unpaired) electrons. The molecular formula is C18H28O9S. The van der Waals surface area contributed by atoms with Gasteiger partial charge in [0.05, 0.1) is 0 Å². The highest BCUT2D eigenvalue weighted by Gasteiger charge is 2.53. The average molecular weight is 420 g/mol. The lowest BCUT2D eigenvalue weighted by molar-refractivity contribution is -0.237. The maximum absolute atomic E-state index is 11.7. The first kappa shape index (κ1) is 24.2. The summed E-state index contributed by atoms with van der Waals surface area (Å²) in [5.41, 5.74) is -0.749. The number of ether oxygens (including phenoxy) is 5. The summed E-state index contributed by atoms with van der Waals surface area (Å²) in [7, 11) is 0. The van der Waals surface area contributed by atoms with Gasteiger partial charge < -0.3 is 23.7 Å². The molecule has 28 heavy (non-hydrogen) atoms. The van der Waals surface area contributed by atoms with Crippen molar-refractivity contribution in [2.45, 2.75) is 83.1 Å². The highest BCUT2D eigenvalue weighted by Crippen LogP contribution is 2.39. The van der Waals surface area contributed by atoms with Crippen LogP contribution in [0.15, 0.2) is 0 Å². The minimum Gasteiger partial charge on any atom is -0.463 e. The van der Waals surface area contributed by atoms with E-state index in [2.05, 4.69) is 0 Å². The van der Waals surface area contributed by atoms with E-state index in [-0.39, 0.29) is 11.4 Å². The summed E-state index contributed by atoms with van der Waals surface area (Å²) in [6.45, 7) is 10.4. The predicted octanol–water partition coefficient (Wildman–Crippen LogP) is 1.60. The van der Waals surface area contributed by atoms with E-state index < -0.39 is 53.7 Å². The summed E-state index contributed by atoms with van der Waals surface area (Å²) in [6, 6.07) is 0. The van der Waals surface area contributed by atoms with Crippen LogP contribution < -0.4 is 0 Å². The number of hydrogen-bond acceptors (Lipinski definition) is 10. The van der Waals surface area contributed by atoms with Crippen LogP contribution in [0, 0.1) is 0 Å². The monoisotopic (exact) mass is 420 g/mol. The number of rotatable bonds is 6. The SMILES string of the molecule is CC(=O)OC[C@H]1O[C@H](SC(C)(C)C)[C@H](OC(C)=O)[C@@H](OC(C)=O)[C@@H]1OC(C)=O. The van der Waals surface area contributed by atoms with E-state index in [1.807, 2.05) is 20.8 Å². The highest BCUT2D eigenvalue weighted by atomic mass is 32.2. The minimum absolute atomic E-state index is 0.223. The van der Waals surface area contributed by atoms with Gasteiger partial charge in [0.2, 0.25) is 0 Å². The van der Waals surface area contributed by atoms with E-state index in [0.29, 0.717) is 0 Å². The highest BCUT2D eigenvalue weighted by molar-refractivity contribution is 8.01. The summed E-state index contributed by atoms with van der Waals surface area (Å²) in [5.74, 6) is -2.45. The van der Waals surface area contributed by atoms with Crippen LogP contribution >= 0.6 is 11.8 Å². The van der Waals surface area contributed by atoms with Gasteiger partial charge in [0.1, 0.15) is 18.1 Å². The van der Waals surface area contributed by atoms with Gasteiger partial charge in [-0.2, -0.15) is 0 Å². The Hall–Kier alpha value is -1.81. The van der Waals surface area contributed by atoms with E-state index in [0.717, 1.165) is 0 Å². The molecule has 5 atom stereocenters. The number of hydrogen-bond donors (Lipinski definition) is 0. The van der Waals surface area contributed by atoms with E-state index in [9.17, 15) is 19.2 Å². The van der Waals surface area contributed by atoms with Crippen LogP contribution in [0.1, 0.15) is 48.5 Å². The molecule has 9 nitrogen and oxygen atoms in total. The molecule has 0 aromatic carbocycles. The van der Waals surface area contributed by atoms with Crippen LogP contribution in [0.4, 0.5) is 0 Å². The second kappa shape index (κ2) is 10.1. The second-order valence-corrected chi connectivity index (χ2v) is 9.22. The van der Waals surface area contributed by atoms with Crippen molar-refractivity contribution in [1.82, 2.24) is 0 Å². The Kier molecular flexibility index (Phi) is 8.75. The first-order valence-corrected chi connectivity index (χ1v) is 9.66. The van der Waals surface area contributed by atoms with Crippen LogP contribution in [0.2, 0.25) is 0 Å². The van der Waals surface area contributed by atoms with E-state index >= 15 is 0 Å². The Morgan fingerprint density at radius 1 is 0.786 bits per heavy atom. The molecule has 1 aliphatic rings. The van der Waals surface area contributed by atoms with Crippen LogP contribution in [0.25, 0.3) is 0 Å². The fraction of sp³-hybridized carbons (Fsp3) is 0.778. The van der Waals surface area contributed by atoms with Gasteiger partial charge in [0.25, 0.3) is 0 Å². The summed E-state index contributed by atoms with van der Waals surface area (Å²) in [6.07, 6.45) is -4.19. The summed E-state index contributed by atoms with van der Waals surface area (Å²) in [5, 5.41) is 0. The smallest absolute Gasteiger partial charge is 0.303 e. The van der Waals surface area contributed by atoms with Crippen LogP contribution in [-0.2, 0) is 42.9 Å². The number of carbonyl (C=O) groups excluding carboxylic acids is 4. The molecule has 1 saturated heterocycles. The molecule has 0 bridgehead atoms. The Morgan fingerprint density at radius 2 is 1.25 bits per heavy atom. The van der Waals surface area contributed by atoms with E-state index in [4.69, 9.17) is 23.7 Å². The largest absolute Gasteiger partial charge is 0.463 e. The molecule has 1 heterocycles.